The molecule has 1 unspecified atom stereocenters. The van der Waals surface area contributed by atoms with E-state index in [0.717, 1.165) is 36.1 Å². The van der Waals surface area contributed by atoms with E-state index >= 15 is 0 Å². The van der Waals surface area contributed by atoms with Crippen LogP contribution in [0.1, 0.15) is 45.1 Å². The van der Waals surface area contributed by atoms with Gasteiger partial charge in [0, 0.05) is 34.3 Å². The number of hydrogen-bond donors (Lipinski definition) is 0. The SMILES string of the molecule is CC(C)S(=O)(=O)CC1CCC(C(=O)Cc2ccc(S(C)=O)cc2)CC1. The fourth-order valence-electron chi connectivity index (χ4n) is 3.32. The van der Waals surface area contributed by atoms with Crippen LogP contribution in [-0.4, -0.2) is 35.7 Å². The Morgan fingerprint density at radius 1 is 1.12 bits per heavy atom. The number of ketones is 1. The number of Topliss-reactive ketones (excluding diaryl/α,β-unsaturated/α-hetero) is 1. The van der Waals surface area contributed by atoms with Gasteiger partial charge < -0.3 is 0 Å². The van der Waals surface area contributed by atoms with Crippen molar-refractivity contribution in [1.29, 1.82) is 0 Å². The van der Waals surface area contributed by atoms with Gasteiger partial charge >= 0.3 is 0 Å². The van der Waals surface area contributed by atoms with Gasteiger partial charge in [0.2, 0.25) is 0 Å². The fourth-order valence-corrected chi connectivity index (χ4v) is 5.21. The molecule has 0 bridgehead atoms. The van der Waals surface area contributed by atoms with Gasteiger partial charge in [-0.05, 0) is 63.1 Å². The number of hydrogen-bond acceptors (Lipinski definition) is 4. The third-order valence-electron chi connectivity index (χ3n) is 5.12. The van der Waals surface area contributed by atoms with Crippen molar-refractivity contribution in [2.75, 3.05) is 12.0 Å². The van der Waals surface area contributed by atoms with Crippen molar-refractivity contribution in [3.05, 3.63) is 29.8 Å². The van der Waals surface area contributed by atoms with E-state index in [1.54, 1.807) is 20.1 Å². The Labute approximate surface area is 153 Å². The minimum atomic E-state index is -3.01. The molecule has 1 saturated carbocycles. The van der Waals surface area contributed by atoms with Crippen molar-refractivity contribution in [1.82, 2.24) is 0 Å². The molecule has 0 N–H and O–H groups in total. The summed E-state index contributed by atoms with van der Waals surface area (Å²) in [6.45, 7) is 3.45. The summed E-state index contributed by atoms with van der Waals surface area (Å²) in [5.41, 5.74) is 0.948. The second kappa shape index (κ2) is 8.58. The summed E-state index contributed by atoms with van der Waals surface area (Å²) in [5, 5.41) is -0.327. The molecule has 0 radical (unpaired) electrons. The second-order valence-corrected chi connectivity index (χ2v) is 11.3. The largest absolute Gasteiger partial charge is 0.299 e. The highest BCUT2D eigenvalue weighted by Gasteiger charge is 2.29. The van der Waals surface area contributed by atoms with E-state index in [4.69, 9.17) is 0 Å². The average Bonchev–Trinajstić information content (AvgIpc) is 2.55. The zero-order chi connectivity index (χ0) is 18.6. The molecular formula is C19H28O4S2. The maximum absolute atomic E-state index is 12.5. The zero-order valence-corrected chi connectivity index (χ0v) is 16.9. The van der Waals surface area contributed by atoms with E-state index in [1.165, 1.54) is 0 Å². The van der Waals surface area contributed by atoms with Gasteiger partial charge in [0.15, 0.2) is 9.84 Å². The average molecular weight is 385 g/mol. The van der Waals surface area contributed by atoms with Crippen molar-refractivity contribution < 1.29 is 17.4 Å². The summed E-state index contributed by atoms with van der Waals surface area (Å²) in [6, 6.07) is 7.36. The molecule has 1 aromatic rings. The minimum absolute atomic E-state index is 0.0398. The molecule has 6 heteroatoms. The van der Waals surface area contributed by atoms with Crippen LogP contribution in [0.3, 0.4) is 0 Å². The van der Waals surface area contributed by atoms with Gasteiger partial charge in [0.1, 0.15) is 5.78 Å². The first-order chi connectivity index (χ1) is 11.7. The fraction of sp³-hybridized carbons (Fsp3) is 0.632. The Kier molecular flexibility index (Phi) is 6.97. The Morgan fingerprint density at radius 2 is 1.68 bits per heavy atom. The Morgan fingerprint density at radius 3 is 2.16 bits per heavy atom. The normalized spacial score (nSPS) is 22.7. The van der Waals surface area contributed by atoms with Crippen LogP contribution >= 0.6 is 0 Å². The molecule has 2 rings (SSSR count). The standard InChI is InChI=1S/C19H28O4S2/c1-14(2)25(22,23)13-16-4-8-17(9-5-16)19(20)12-15-6-10-18(11-7-15)24(3)21/h6-7,10-11,14,16-17H,4-5,8-9,12-13H2,1-3H3. The van der Waals surface area contributed by atoms with E-state index < -0.39 is 20.6 Å². The molecule has 0 heterocycles. The van der Waals surface area contributed by atoms with Crippen molar-refractivity contribution in [2.45, 2.75) is 56.1 Å². The summed E-state index contributed by atoms with van der Waals surface area (Å²) in [7, 11) is -4.01. The van der Waals surface area contributed by atoms with Gasteiger partial charge in [-0.2, -0.15) is 0 Å². The van der Waals surface area contributed by atoms with Gasteiger partial charge in [-0.25, -0.2) is 8.42 Å². The first kappa shape index (κ1) is 20.3. The lowest BCUT2D eigenvalue weighted by atomic mass is 9.79. The summed E-state index contributed by atoms with van der Waals surface area (Å²) < 4.78 is 35.5. The van der Waals surface area contributed by atoms with Gasteiger partial charge in [-0.15, -0.1) is 0 Å². The third-order valence-corrected chi connectivity index (χ3v) is 8.43. The number of sulfone groups is 1. The lowest BCUT2D eigenvalue weighted by Crippen LogP contribution is -2.29. The molecule has 0 aromatic heterocycles. The molecular weight excluding hydrogens is 356 g/mol. The monoisotopic (exact) mass is 384 g/mol. The van der Waals surface area contributed by atoms with Crippen LogP contribution in [0.5, 0.6) is 0 Å². The predicted octanol–water partition coefficient (Wildman–Crippen LogP) is 3.17. The van der Waals surface area contributed by atoms with Gasteiger partial charge in [-0.3, -0.25) is 9.00 Å². The molecule has 1 aliphatic carbocycles. The van der Waals surface area contributed by atoms with Crippen LogP contribution in [0.2, 0.25) is 0 Å². The van der Waals surface area contributed by atoms with Gasteiger partial charge in [-0.1, -0.05) is 12.1 Å². The topological polar surface area (TPSA) is 68.3 Å². The maximum atomic E-state index is 12.5. The first-order valence-electron chi connectivity index (χ1n) is 8.85. The van der Waals surface area contributed by atoms with Crippen LogP contribution in [-0.2, 0) is 31.9 Å². The van der Waals surface area contributed by atoms with Crippen LogP contribution in [0.25, 0.3) is 0 Å². The van der Waals surface area contributed by atoms with Gasteiger partial charge in [0.05, 0.1) is 11.0 Å². The number of carbonyl (C=O) groups excluding carboxylic acids is 1. The highest BCUT2D eigenvalue weighted by atomic mass is 32.2. The quantitative estimate of drug-likeness (QED) is 0.724. The van der Waals surface area contributed by atoms with E-state index in [9.17, 15) is 17.4 Å². The lowest BCUT2D eigenvalue weighted by Gasteiger charge is -2.28. The molecule has 0 saturated heterocycles. The highest BCUT2D eigenvalue weighted by molar-refractivity contribution is 7.91. The van der Waals surface area contributed by atoms with E-state index in [-0.39, 0.29) is 28.6 Å². The molecule has 25 heavy (non-hydrogen) atoms. The third kappa shape index (κ3) is 5.74. The molecule has 4 nitrogen and oxygen atoms in total. The van der Waals surface area contributed by atoms with E-state index in [2.05, 4.69) is 0 Å². The summed E-state index contributed by atoms with van der Waals surface area (Å²) >= 11 is 0. The molecule has 1 atom stereocenters. The minimum Gasteiger partial charge on any atom is -0.299 e. The molecule has 1 aliphatic rings. The van der Waals surface area contributed by atoms with Crippen LogP contribution in [0, 0.1) is 11.8 Å². The molecule has 140 valence electrons. The van der Waals surface area contributed by atoms with Crippen molar-refractivity contribution in [3.63, 3.8) is 0 Å². The summed E-state index contributed by atoms with van der Waals surface area (Å²) in [6.07, 6.45) is 5.24. The smallest absolute Gasteiger partial charge is 0.152 e. The number of benzene rings is 1. The predicted molar refractivity (Wildman–Crippen MR) is 102 cm³/mol. The maximum Gasteiger partial charge on any atom is 0.152 e. The van der Waals surface area contributed by atoms with Crippen LogP contribution in [0.4, 0.5) is 0 Å². The Hall–Kier alpha value is -1.01. The Bertz CT molecular complexity index is 712. The first-order valence-corrected chi connectivity index (χ1v) is 12.1. The van der Waals surface area contributed by atoms with E-state index in [0.29, 0.717) is 6.42 Å². The van der Waals surface area contributed by atoms with Crippen molar-refractivity contribution >= 4 is 26.4 Å². The lowest BCUT2D eigenvalue weighted by molar-refractivity contribution is -0.123. The molecule has 0 aliphatic heterocycles. The second-order valence-electron chi connectivity index (χ2n) is 7.34. The molecule has 1 fully saturated rings. The van der Waals surface area contributed by atoms with Gasteiger partial charge in [0.25, 0.3) is 0 Å². The highest BCUT2D eigenvalue weighted by Crippen LogP contribution is 2.31. The molecule has 0 spiro atoms. The van der Waals surface area contributed by atoms with Crippen molar-refractivity contribution in [3.8, 4) is 0 Å². The summed E-state index contributed by atoms with van der Waals surface area (Å²) in [5.74, 6) is 0.713. The summed E-state index contributed by atoms with van der Waals surface area (Å²) in [4.78, 5) is 13.3. The van der Waals surface area contributed by atoms with Crippen LogP contribution < -0.4 is 0 Å². The number of carbonyl (C=O) groups is 1. The molecule has 0 amide bonds. The van der Waals surface area contributed by atoms with E-state index in [1.807, 2.05) is 24.3 Å². The Balaban J connectivity index is 1.86. The number of rotatable bonds is 7. The van der Waals surface area contributed by atoms with Crippen molar-refractivity contribution in [2.24, 2.45) is 11.8 Å². The molecule has 1 aromatic carbocycles. The van der Waals surface area contributed by atoms with Crippen LogP contribution in [0.15, 0.2) is 29.2 Å². The zero-order valence-electron chi connectivity index (χ0n) is 15.2.